The molecule has 146 valence electrons. The van der Waals surface area contributed by atoms with E-state index in [0.717, 1.165) is 0 Å². The molecule has 0 bridgehead atoms. The zero-order chi connectivity index (χ0) is 20.1. The summed E-state index contributed by atoms with van der Waals surface area (Å²) in [6, 6.07) is 1.73. The molecule has 27 heavy (non-hydrogen) atoms. The first-order valence-electron chi connectivity index (χ1n) is 8.25. The zero-order valence-electron chi connectivity index (χ0n) is 15.6. The Morgan fingerprint density at radius 3 is 2.37 bits per heavy atom. The molecule has 0 aliphatic rings. The van der Waals surface area contributed by atoms with Crippen molar-refractivity contribution in [1.29, 1.82) is 0 Å². The van der Waals surface area contributed by atoms with E-state index < -0.39 is 17.6 Å². The number of furan rings is 1. The van der Waals surface area contributed by atoms with Gasteiger partial charge in [0, 0.05) is 17.7 Å². The molecular formula is C17H20F3N5O2. The molecule has 3 rings (SSSR count). The van der Waals surface area contributed by atoms with Crippen molar-refractivity contribution in [3.63, 3.8) is 0 Å². The largest absolute Gasteiger partial charge is 0.466 e. The van der Waals surface area contributed by atoms with Gasteiger partial charge in [0.1, 0.15) is 22.9 Å². The van der Waals surface area contributed by atoms with E-state index in [-0.39, 0.29) is 18.0 Å². The number of fused-ring (bicyclic) bond motifs is 1. The molecule has 0 aliphatic carbocycles. The smallest absolute Gasteiger partial charge is 0.453 e. The molecule has 10 heteroatoms. The van der Waals surface area contributed by atoms with Crippen molar-refractivity contribution in [2.24, 2.45) is 0 Å². The second-order valence-corrected chi connectivity index (χ2v) is 6.81. The van der Waals surface area contributed by atoms with E-state index in [9.17, 15) is 18.3 Å². The van der Waals surface area contributed by atoms with Gasteiger partial charge in [0.2, 0.25) is 0 Å². The molecule has 3 heterocycles. The lowest BCUT2D eigenvalue weighted by molar-refractivity contribution is -0.146. The van der Waals surface area contributed by atoms with E-state index in [0.29, 0.717) is 32.7 Å². The van der Waals surface area contributed by atoms with Crippen LogP contribution >= 0.6 is 0 Å². The first kappa shape index (κ1) is 19.2. The van der Waals surface area contributed by atoms with Crippen LogP contribution in [0.1, 0.15) is 41.0 Å². The SMILES string of the molecule is Cc1cc(C(C)(O)CNc2nn3c(C(F)(F)F)nnc3c(C)c2C)c(C)o1. The summed E-state index contributed by atoms with van der Waals surface area (Å²) >= 11 is 0. The average molecular weight is 383 g/mol. The number of halogens is 3. The van der Waals surface area contributed by atoms with Gasteiger partial charge < -0.3 is 14.8 Å². The summed E-state index contributed by atoms with van der Waals surface area (Å²) in [6.45, 7) is 8.49. The third-order valence-corrected chi connectivity index (χ3v) is 4.57. The number of aryl methyl sites for hydroxylation is 3. The van der Waals surface area contributed by atoms with Crippen molar-refractivity contribution in [3.8, 4) is 0 Å². The molecule has 7 nitrogen and oxygen atoms in total. The van der Waals surface area contributed by atoms with Gasteiger partial charge in [-0.2, -0.15) is 17.7 Å². The van der Waals surface area contributed by atoms with Crippen LogP contribution in [0.15, 0.2) is 10.5 Å². The lowest BCUT2D eigenvalue weighted by Gasteiger charge is -2.24. The number of nitrogens with zero attached hydrogens (tertiary/aromatic N) is 4. The van der Waals surface area contributed by atoms with Crippen LogP contribution in [0.5, 0.6) is 0 Å². The lowest BCUT2D eigenvalue weighted by Crippen LogP contribution is -2.31. The molecule has 0 radical (unpaired) electrons. The van der Waals surface area contributed by atoms with Crippen LogP contribution in [0.2, 0.25) is 0 Å². The van der Waals surface area contributed by atoms with Gasteiger partial charge in [0.15, 0.2) is 5.65 Å². The summed E-state index contributed by atoms with van der Waals surface area (Å²) in [6.07, 6.45) is -4.68. The number of hydrogen-bond donors (Lipinski definition) is 2. The second kappa shape index (κ2) is 6.22. The Morgan fingerprint density at radius 2 is 1.81 bits per heavy atom. The molecule has 0 aromatic carbocycles. The Bertz CT molecular complexity index is 1000. The topological polar surface area (TPSA) is 88.5 Å². The Labute approximate surface area is 153 Å². The van der Waals surface area contributed by atoms with Crippen molar-refractivity contribution in [2.45, 2.75) is 46.4 Å². The van der Waals surface area contributed by atoms with Crippen molar-refractivity contribution in [2.75, 3.05) is 11.9 Å². The van der Waals surface area contributed by atoms with Crippen molar-refractivity contribution >= 4 is 11.5 Å². The fourth-order valence-corrected chi connectivity index (χ4v) is 2.99. The van der Waals surface area contributed by atoms with E-state index in [1.165, 1.54) is 0 Å². The molecule has 1 unspecified atom stereocenters. The highest BCUT2D eigenvalue weighted by Crippen LogP contribution is 2.31. The number of aliphatic hydroxyl groups is 1. The quantitative estimate of drug-likeness (QED) is 0.719. The van der Waals surface area contributed by atoms with Crippen molar-refractivity contribution < 1.29 is 22.7 Å². The molecule has 2 N–H and O–H groups in total. The highest BCUT2D eigenvalue weighted by atomic mass is 19.4. The number of hydrogen-bond acceptors (Lipinski definition) is 6. The summed E-state index contributed by atoms with van der Waals surface area (Å²) in [5.41, 5.74) is 0.477. The summed E-state index contributed by atoms with van der Waals surface area (Å²) in [5, 5.41) is 24.6. The Kier molecular flexibility index (Phi) is 4.41. The molecule has 3 aromatic heterocycles. The van der Waals surface area contributed by atoms with Gasteiger partial charge in [-0.1, -0.05) is 0 Å². The molecule has 0 aliphatic heterocycles. The number of rotatable bonds is 4. The van der Waals surface area contributed by atoms with Gasteiger partial charge in [-0.05, 0) is 46.2 Å². The molecule has 0 spiro atoms. The third kappa shape index (κ3) is 3.36. The van der Waals surface area contributed by atoms with Crippen LogP contribution in [-0.2, 0) is 11.8 Å². The van der Waals surface area contributed by atoms with Crippen LogP contribution in [0.4, 0.5) is 19.0 Å². The molecule has 0 saturated carbocycles. The van der Waals surface area contributed by atoms with Crippen LogP contribution in [0.3, 0.4) is 0 Å². The van der Waals surface area contributed by atoms with Gasteiger partial charge in [0.25, 0.3) is 5.82 Å². The predicted octanol–water partition coefficient (Wildman–Crippen LogP) is 3.29. The molecule has 0 fully saturated rings. The maximum absolute atomic E-state index is 13.1. The first-order valence-corrected chi connectivity index (χ1v) is 8.25. The number of alkyl halides is 3. The van der Waals surface area contributed by atoms with Crippen LogP contribution in [0.25, 0.3) is 5.65 Å². The number of nitrogens with one attached hydrogen (secondary N) is 1. The van der Waals surface area contributed by atoms with E-state index in [2.05, 4.69) is 20.6 Å². The highest BCUT2D eigenvalue weighted by Gasteiger charge is 2.38. The van der Waals surface area contributed by atoms with Gasteiger partial charge in [-0.3, -0.25) is 0 Å². The van der Waals surface area contributed by atoms with Crippen LogP contribution in [0, 0.1) is 27.7 Å². The normalized spacial score (nSPS) is 14.6. The van der Waals surface area contributed by atoms with Gasteiger partial charge in [0.05, 0.1) is 0 Å². The minimum absolute atomic E-state index is 0.0229. The third-order valence-electron chi connectivity index (χ3n) is 4.57. The van der Waals surface area contributed by atoms with E-state index in [1.54, 1.807) is 40.7 Å². The predicted molar refractivity (Wildman–Crippen MR) is 91.5 cm³/mol. The monoisotopic (exact) mass is 383 g/mol. The Hall–Kier alpha value is -2.62. The summed E-state index contributed by atoms with van der Waals surface area (Å²) < 4.78 is 45.5. The van der Waals surface area contributed by atoms with Gasteiger partial charge in [-0.15, -0.1) is 15.3 Å². The molecule has 1 atom stereocenters. The fourth-order valence-electron chi connectivity index (χ4n) is 2.99. The maximum atomic E-state index is 13.1. The summed E-state index contributed by atoms with van der Waals surface area (Å²) in [5.74, 6) is 0.252. The number of aromatic nitrogens is 4. The van der Waals surface area contributed by atoms with Gasteiger partial charge in [-0.25, -0.2) is 0 Å². The first-order chi connectivity index (χ1) is 12.4. The van der Waals surface area contributed by atoms with E-state index in [1.807, 2.05) is 0 Å². The lowest BCUT2D eigenvalue weighted by atomic mass is 9.96. The summed E-state index contributed by atoms with van der Waals surface area (Å²) in [4.78, 5) is 0. The molecule has 0 saturated heterocycles. The standard InChI is InChI=1S/C17H20F3N5O2/c1-8-6-12(11(4)27-8)16(5,26)7-21-13-9(2)10(3)14-22-23-15(17(18,19)20)25(14)24-13/h6,26H,7H2,1-5H3,(H,21,24). The molecule has 0 amide bonds. The molecule has 3 aromatic rings. The Morgan fingerprint density at radius 1 is 1.15 bits per heavy atom. The zero-order valence-corrected chi connectivity index (χ0v) is 15.6. The second-order valence-electron chi connectivity index (χ2n) is 6.81. The Balaban J connectivity index is 1.97. The van der Waals surface area contributed by atoms with Crippen LogP contribution in [-0.4, -0.2) is 31.5 Å². The van der Waals surface area contributed by atoms with Crippen molar-refractivity contribution in [1.82, 2.24) is 19.8 Å². The fraction of sp³-hybridized carbons (Fsp3) is 0.471. The highest BCUT2D eigenvalue weighted by molar-refractivity contribution is 5.58. The van der Waals surface area contributed by atoms with Crippen molar-refractivity contribution in [3.05, 3.63) is 40.1 Å². The minimum Gasteiger partial charge on any atom is -0.466 e. The average Bonchev–Trinajstić information content (AvgIpc) is 3.12. The maximum Gasteiger partial charge on any atom is 0.453 e. The molecular weight excluding hydrogens is 363 g/mol. The number of anilines is 1. The van der Waals surface area contributed by atoms with Gasteiger partial charge >= 0.3 is 6.18 Å². The minimum atomic E-state index is -4.68. The summed E-state index contributed by atoms with van der Waals surface area (Å²) in [7, 11) is 0. The van der Waals surface area contributed by atoms with E-state index in [4.69, 9.17) is 4.42 Å². The van der Waals surface area contributed by atoms with E-state index >= 15 is 0 Å². The van der Waals surface area contributed by atoms with Crippen LogP contribution < -0.4 is 5.32 Å².